The van der Waals surface area contributed by atoms with E-state index in [0.29, 0.717) is 11.3 Å². The minimum absolute atomic E-state index is 0.0102. The van der Waals surface area contributed by atoms with Gasteiger partial charge in [0.15, 0.2) is 0 Å². The molecule has 2 aromatic carbocycles. The third-order valence-corrected chi connectivity index (χ3v) is 3.49. The monoisotopic (exact) mass is 286 g/mol. The van der Waals surface area contributed by atoms with Gasteiger partial charge in [0.2, 0.25) is 0 Å². The second-order valence-corrected chi connectivity index (χ2v) is 5.09. The number of nitrogens with zero attached hydrogens (tertiary/aromatic N) is 2. The van der Waals surface area contributed by atoms with Gasteiger partial charge in [0.25, 0.3) is 5.69 Å². The smallest absolute Gasteiger partial charge is 0.293 e. The van der Waals surface area contributed by atoms with Crippen LogP contribution in [-0.4, -0.2) is 17.1 Å². The van der Waals surface area contributed by atoms with Gasteiger partial charge in [-0.3, -0.25) is 10.1 Å². The van der Waals surface area contributed by atoms with Gasteiger partial charge in [-0.05, 0) is 37.1 Å². The highest BCUT2D eigenvalue weighted by Crippen LogP contribution is 2.34. The molecule has 21 heavy (non-hydrogen) atoms. The first-order chi connectivity index (χ1) is 9.93. The summed E-state index contributed by atoms with van der Waals surface area (Å²) in [6, 6.07) is 10.8. The first-order valence-electron chi connectivity index (χ1n) is 6.63. The molecule has 1 N–H and O–H groups in total. The van der Waals surface area contributed by atoms with Crippen molar-refractivity contribution in [2.75, 3.05) is 11.9 Å². The third kappa shape index (κ3) is 3.03. The summed E-state index contributed by atoms with van der Waals surface area (Å²) in [5.41, 5.74) is 4.14. The van der Waals surface area contributed by atoms with Crippen LogP contribution in [-0.2, 0) is 6.61 Å². The van der Waals surface area contributed by atoms with E-state index >= 15 is 0 Å². The van der Waals surface area contributed by atoms with Crippen LogP contribution in [0, 0.1) is 24.0 Å². The van der Waals surface area contributed by atoms with Crippen molar-refractivity contribution in [1.29, 1.82) is 0 Å². The van der Waals surface area contributed by atoms with Crippen molar-refractivity contribution in [2.45, 2.75) is 20.5 Å². The van der Waals surface area contributed by atoms with Crippen LogP contribution in [0.4, 0.5) is 17.1 Å². The Kier molecular flexibility index (Phi) is 4.23. The summed E-state index contributed by atoms with van der Waals surface area (Å²) >= 11 is 0. The van der Waals surface area contributed by atoms with Crippen molar-refractivity contribution in [3.8, 4) is 0 Å². The standard InChI is InChI=1S/C16H18N2O3/c1-11-4-6-14(12(2)8-11)17(3)15-7-5-13(10-19)9-16(15)18(20)21/h4-9,19H,10H2,1-3H3. The molecule has 0 spiro atoms. The van der Waals surface area contributed by atoms with E-state index in [1.807, 2.05) is 32.0 Å². The number of hydrogen-bond donors (Lipinski definition) is 1. The van der Waals surface area contributed by atoms with Crippen molar-refractivity contribution >= 4 is 17.1 Å². The molecule has 0 amide bonds. The van der Waals surface area contributed by atoms with Crippen LogP contribution in [0.3, 0.4) is 0 Å². The highest BCUT2D eigenvalue weighted by Gasteiger charge is 2.19. The van der Waals surface area contributed by atoms with Crippen LogP contribution >= 0.6 is 0 Å². The Morgan fingerprint density at radius 1 is 1.14 bits per heavy atom. The van der Waals surface area contributed by atoms with Gasteiger partial charge >= 0.3 is 0 Å². The molecule has 0 bridgehead atoms. The summed E-state index contributed by atoms with van der Waals surface area (Å²) < 4.78 is 0. The number of aryl methyl sites for hydroxylation is 2. The Morgan fingerprint density at radius 3 is 2.38 bits per heavy atom. The second-order valence-electron chi connectivity index (χ2n) is 5.09. The van der Waals surface area contributed by atoms with Crippen LogP contribution in [0.5, 0.6) is 0 Å². The van der Waals surface area contributed by atoms with Crippen molar-refractivity contribution in [2.24, 2.45) is 0 Å². The fourth-order valence-corrected chi connectivity index (χ4v) is 2.41. The molecule has 0 heterocycles. The van der Waals surface area contributed by atoms with Gasteiger partial charge in [-0.1, -0.05) is 23.8 Å². The number of hydrogen-bond acceptors (Lipinski definition) is 4. The lowest BCUT2D eigenvalue weighted by Crippen LogP contribution is -2.13. The average molecular weight is 286 g/mol. The molecular formula is C16H18N2O3. The zero-order valence-electron chi connectivity index (χ0n) is 12.3. The number of nitro benzene ring substituents is 1. The summed E-state index contributed by atoms with van der Waals surface area (Å²) in [6.07, 6.45) is 0. The fourth-order valence-electron chi connectivity index (χ4n) is 2.41. The molecule has 5 heteroatoms. The van der Waals surface area contributed by atoms with Gasteiger partial charge in [-0.2, -0.15) is 0 Å². The molecule has 0 atom stereocenters. The summed E-state index contributed by atoms with van der Waals surface area (Å²) in [6.45, 7) is 3.77. The quantitative estimate of drug-likeness (QED) is 0.690. The Hall–Kier alpha value is -2.40. The van der Waals surface area contributed by atoms with E-state index in [1.165, 1.54) is 6.07 Å². The van der Waals surface area contributed by atoms with Crippen LogP contribution < -0.4 is 4.90 Å². The third-order valence-electron chi connectivity index (χ3n) is 3.49. The van der Waals surface area contributed by atoms with Crippen LogP contribution in [0.25, 0.3) is 0 Å². The number of rotatable bonds is 4. The Bertz CT molecular complexity index is 683. The van der Waals surface area contributed by atoms with Gasteiger partial charge in [-0.15, -0.1) is 0 Å². The predicted molar refractivity (Wildman–Crippen MR) is 83.0 cm³/mol. The Balaban J connectivity index is 2.52. The molecular weight excluding hydrogens is 268 g/mol. The molecule has 2 aromatic rings. The van der Waals surface area contributed by atoms with E-state index < -0.39 is 4.92 Å². The van der Waals surface area contributed by atoms with Crippen molar-refractivity contribution in [1.82, 2.24) is 0 Å². The molecule has 0 aliphatic carbocycles. The highest BCUT2D eigenvalue weighted by atomic mass is 16.6. The Morgan fingerprint density at radius 2 is 1.81 bits per heavy atom. The van der Waals surface area contributed by atoms with Gasteiger partial charge in [0.05, 0.1) is 11.5 Å². The summed E-state index contributed by atoms with van der Waals surface area (Å²) in [4.78, 5) is 12.6. The van der Waals surface area contributed by atoms with Gasteiger partial charge in [0, 0.05) is 18.8 Å². The maximum atomic E-state index is 11.3. The molecule has 0 saturated carbocycles. The summed E-state index contributed by atoms with van der Waals surface area (Å²) in [7, 11) is 1.80. The van der Waals surface area contributed by atoms with Gasteiger partial charge in [-0.25, -0.2) is 0 Å². The van der Waals surface area contributed by atoms with Crippen molar-refractivity contribution in [3.63, 3.8) is 0 Å². The molecule has 0 radical (unpaired) electrons. The Labute approximate surface area is 123 Å². The number of anilines is 2. The molecule has 0 fully saturated rings. The van der Waals surface area contributed by atoms with E-state index in [4.69, 9.17) is 5.11 Å². The highest BCUT2D eigenvalue weighted by molar-refractivity contribution is 5.73. The lowest BCUT2D eigenvalue weighted by Gasteiger charge is -2.22. The largest absolute Gasteiger partial charge is 0.392 e. The second kappa shape index (κ2) is 5.93. The molecule has 2 rings (SSSR count). The first kappa shape index (κ1) is 15.0. The van der Waals surface area contributed by atoms with Crippen molar-refractivity contribution < 1.29 is 10.0 Å². The van der Waals surface area contributed by atoms with E-state index in [-0.39, 0.29) is 12.3 Å². The fraction of sp³-hybridized carbons (Fsp3) is 0.250. The predicted octanol–water partition coefficient (Wildman–Crippen LogP) is 3.47. The van der Waals surface area contributed by atoms with Crippen LogP contribution in [0.2, 0.25) is 0 Å². The molecule has 5 nitrogen and oxygen atoms in total. The summed E-state index contributed by atoms with van der Waals surface area (Å²) in [5, 5.41) is 20.4. The number of aliphatic hydroxyl groups is 1. The number of benzene rings is 2. The molecule has 0 aliphatic rings. The van der Waals surface area contributed by atoms with Gasteiger partial charge < -0.3 is 10.0 Å². The SMILES string of the molecule is Cc1ccc(N(C)c2ccc(CO)cc2[N+](=O)[O-])c(C)c1. The minimum Gasteiger partial charge on any atom is -0.392 e. The van der Waals surface area contributed by atoms with Gasteiger partial charge in [0.1, 0.15) is 5.69 Å². The molecule has 0 saturated heterocycles. The van der Waals surface area contributed by atoms with Crippen LogP contribution in [0.15, 0.2) is 36.4 Å². The molecule has 0 unspecified atom stereocenters. The molecule has 0 aliphatic heterocycles. The first-order valence-corrected chi connectivity index (χ1v) is 6.63. The molecule has 0 aromatic heterocycles. The normalized spacial score (nSPS) is 10.5. The zero-order chi connectivity index (χ0) is 15.6. The lowest BCUT2D eigenvalue weighted by molar-refractivity contribution is -0.384. The maximum Gasteiger partial charge on any atom is 0.293 e. The van der Waals surface area contributed by atoms with E-state index in [0.717, 1.165) is 16.8 Å². The number of aliphatic hydroxyl groups excluding tert-OH is 1. The topological polar surface area (TPSA) is 66.6 Å². The molecule has 110 valence electrons. The minimum atomic E-state index is -0.422. The number of nitro groups is 1. The van der Waals surface area contributed by atoms with Crippen LogP contribution in [0.1, 0.15) is 16.7 Å². The lowest BCUT2D eigenvalue weighted by atomic mass is 10.1. The average Bonchev–Trinajstić information content (AvgIpc) is 2.46. The summed E-state index contributed by atoms with van der Waals surface area (Å²) in [5.74, 6) is 0. The van der Waals surface area contributed by atoms with E-state index in [2.05, 4.69) is 0 Å². The van der Waals surface area contributed by atoms with Crippen molar-refractivity contribution in [3.05, 3.63) is 63.2 Å². The maximum absolute atomic E-state index is 11.3. The van der Waals surface area contributed by atoms with E-state index in [1.54, 1.807) is 24.1 Å². The van der Waals surface area contributed by atoms with E-state index in [9.17, 15) is 10.1 Å². The zero-order valence-corrected chi connectivity index (χ0v) is 12.3.